The lowest BCUT2D eigenvalue weighted by Crippen LogP contribution is -1.99. The van der Waals surface area contributed by atoms with Gasteiger partial charge in [-0.05, 0) is 25.0 Å². The number of hydrogen-bond acceptors (Lipinski definition) is 1. The molecule has 0 radical (unpaired) electrons. The Hall–Kier alpha value is -0.210. The summed E-state index contributed by atoms with van der Waals surface area (Å²) in [5.74, 6) is 0.810. The molecule has 1 rings (SSSR count). The molecule has 0 N–H and O–H groups in total. The molecule has 0 saturated heterocycles. The predicted molar refractivity (Wildman–Crippen MR) is 60.1 cm³/mol. The Kier molecular flexibility index (Phi) is 4.60. The molecule has 1 aromatic rings. The molecule has 0 aliphatic heterocycles. The fourth-order valence-electron chi connectivity index (χ4n) is 1.03. The molecule has 3 heteroatoms. The van der Waals surface area contributed by atoms with Crippen molar-refractivity contribution in [1.29, 1.82) is 0 Å². The van der Waals surface area contributed by atoms with Crippen molar-refractivity contribution in [3.63, 3.8) is 0 Å². The van der Waals surface area contributed by atoms with Gasteiger partial charge in [0.05, 0.1) is 11.6 Å². The zero-order valence-corrected chi connectivity index (χ0v) is 9.86. The van der Waals surface area contributed by atoms with Crippen LogP contribution < -0.4 is 4.74 Å². The Bertz CT molecular complexity index is 255. The van der Waals surface area contributed by atoms with Gasteiger partial charge in [0.15, 0.2) is 0 Å². The fourth-order valence-corrected chi connectivity index (χ4v) is 1.53. The lowest BCUT2D eigenvalue weighted by molar-refractivity contribution is 0.317. The first-order valence-electron chi connectivity index (χ1n) is 4.19. The predicted octanol–water partition coefficient (Wildman–Crippen LogP) is 3.81. The molecular formula is C10H12BrClO. The molecule has 0 amide bonds. The first-order valence-corrected chi connectivity index (χ1v) is 5.69. The second kappa shape index (κ2) is 5.51. The van der Waals surface area contributed by atoms with Crippen LogP contribution in [0.25, 0.3) is 0 Å². The maximum atomic E-state index is 5.97. The lowest BCUT2D eigenvalue weighted by Gasteiger charge is -2.09. The Labute approximate surface area is 92.2 Å². The standard InChI is InChI=1S/C10H12BrClO/c1-8-4-2-5-9(12)10(8)13-7-3-6-11/h2,4-5H,3,6-7H2,1H3. The van der Waals surface area contributed by atoms with E-state index < -0.39 is 0 Å². The zero-order valence-electron chi connectivity index (χ0n) is 7.52. The van der Waals surface area contributed by atoms with Gasteiger partial charge < -0.3 is 4.74 Å². The van der Waals surface area contributed by atoms with E-state index in [0.29, 0.717) is 11.6 Å². The number of para-hydroxylation sites is 1. The average molecular weight is 264 g/mol. The summed E-state index contributed by atoms with van der Waals surface area (Å²) in [7, 11) is 0. The third-order valence-electron chi connectivity index (χ3n) is 1.69. The van der Waals surface area contributed by atoms with Gasteiger partial charge >= 0.3 is 0 Å². The smallest absolute Gasteiger partial charge is 0.140 e. The van der Waals surface area contributed by atoms with Gasteiger partial charge in [-0.15, -0.1) is 0 Å². The van der Waals surface area contributed by atoms with E-state index in [1.807, 2.05) is 25.1 Å². The van der Waals surface area contributed by atoms with Gasteiger partial charge in [-0.1, -0.05) is 39.7 Å². The van der Waals surface area contributed by atoms with Gasteiger partial charge in [-0.3, -0.25) is 0 Å². The molecular weight excluding hydrogens is 251 g/mol. The molecule has 1 aromatic carbocycles. The Morgan fingerprint density at radius 2 is 2.23 bits per heavy atom. The summed E-state index contributed by atoms with van der Waals surface area (Å²) in [6, 6.07) is 5.77. The SMILES string of the molecule is Cc1cccc(Cl)c1OCCCBr. The summed E-state index contributed by atoms with van der Waals surface area (Å²) in [5.41, 5.74) is 1.09. The number of aryl methyl sites for hydroxylation is 1. The van der Waals surface area contributed by atoms with Crippen LogP contribution in [0.2, 0.25) is 5.02 Å². The second-order valence-electron chi connectivity index (χ2n) is 2.78. The minimum atomic E-state index is 0.689. The molecule has 0 aromatic heterocycles. The van der Waals surface area contributed by atoms with E-state index in [9.17, 15) is 0 Å². The summed E-state index contributed by atoms with van der Waals surface area (Å²) in [6.07, 6.45) is 0.991. The van der Waals surface area contributed by atoms with Gasteiger partial charge in [0, 0.05) is 5.33 Å². The maximum absolute atomic E-state index is 5.97. The first kappa shape index (κ1) is 10.9. The number of halogens is 2. The van der Waals surface area contributed by atoms with Crippen LogP contribution >= 0.6 is 27.5 Å². The highest BCUT2D eigenvalue weighted by molar-refractivity contribution is 9.09. The van der Waals surface area contributed by atoms with Crippen LogP contribution in [0.5, 0.6) is 5.75 Å². The van der Waals surface area contributed by atoms with Crippen LogP contribution in [0.4, 0.5) is 0 Å². The number of ether oxygens (including phenoxy) is 1. The zero-order chi connectivity index (χ0) is 9.68. The normalized spacial score (nSPS) is 10.1. The van der Waals surface area contributed by atoms with E-state index in [2.05, 4.69) is 15.9 Å². The number of benzene rings is 1. The highest BCUT2D eigenvalue weighted by Gasteiger charge is 2.03. The van der Waals surface area contributed by atoms with Crippen molar-refractivity contribution < 1.29 is 4.74 Å². The van der Waals surface area contributed by atoms with E-state index in [0.717, 1.165) is 23.1 Å². The third kappa shape index (κ3) is 3.20. The van der Waals surface area contributed by atoms with Crippen LogP contribution in [-0.2, 0) is 0 Å². The Balaban J connectivity index is 2.64. The van der Waals surface area contributed by atoms with Crippen LogP contribution in [0.15, 0.2) is 18.2 Å². The van der Waals surface area contributed by atoms with E-state index in [1.54, 1.807) is 0 Å². The summed E-state index contributed by atoms with van der Waals surface area (Å²) in [6.45, 7) is 2.70. The van der Waals surface area contributed by atoms with Crippen LogP contribution in [-0.4, -0.2) is 11.9 Å². The van der Waals surface area contributed by atoms with Gasteiger partial charge in [-0.25, -0.2) is 0 Å². The van der Waals surface area contributed by atoms with Crippen molar-refractivity contribution in [1.82, 2.24) is 0 Å². The molecule has 0 spiro atoms. The van der Waals surface area contributed by atoms with Crippen molar-refractivity contribution in [2.45, 2.75) is 13.3 Å². The van der Waals surface area contributed by atoms with Crippen molar-refractivity contribution in [3.8, 4) is 5.75 Å². The second-order valence-corrected chi connectivity index (χ2v) is 3.98. The number of hydrogen-bond donors (Lipinski definition) is 0. The molecule has 0 unspecified atom stereocenters. The molecule has 0 aliphatic rings. The van der Waals surface area contributed by atoms with Crippen molar-refractivity contribution in [2.75, 3.05) is 11.9 Å². The summed E-state index contributed by atoms with van der Waals surface area (Å²) in [4.78, 5) is 0. The average Bonchev–Trinajstić information content (AvgIpc) is 2.10. The molecule has 1 nitrogen and oxygen atoms in total. The molecule has 0 atom stereocenters. The Morgan fingerprint density at radius 1 is 1.46 bits per heavy atom. The number of alkyl halides is 1. The van der Waals surface area contributed by atoms with Crippen LogP contribution in [0, 0.1) is 6.92 Å². The molecule has 13 heavy (non-hydrogen) atoms. The van der Waals surface area contributed by atoms with Crippen molar-refractivity contribution in [3.05, 3.63) is 28.8 Å². The fraction of sp³-hybridized carbons (Fsp3) is 0.400. The van der Waals surface area contributed by atoms with Crippen LogP contribution in [0.3, 0.4) is 0 Å². The molecule has 0 saturated carbocycles. The minimum Gasteiger partial charge on any atom is -0.492 e. The largest absolute Gasteiger partial charge is 0.492 e. The number of rotatable bonds is 4. The van der Waals surface area contributed by atoms with E-state index in [4.69, 9.17) is 16.3 Å². The summed E-state index contributed by atoms with van der Waals surface area (Å²) in [5, 5.41) is 1.64. The molecule has 0 aliphatic carbocycles. The van der Waals surface area contributed by atoms with Crippen molar-refractivity contribution in [2.24, 2.45) is 0 Å². The quantitative estimate of drug-likeness (QED) is 0.593. The van der Waals surface area contributed by atoms with Gasteiger partial charge in [-0.2, -0.15) is 0 Å². The Morgan fingerprint density at radius 3 is 2.85 bits per heavy atom. The van der Waals surface area contributed by atoms with Gasteiger partial charge in [0.2, 0.25) is 0 Å². The highest BCUT2D eigenvalue weighted by Crippen LogP contribution is 2.27. The third-order valence-corrected chi connectivity index (χ3v) is 2.55. The van der Waals surface area contributed by atoms with Crippen molar-refractivity contribution >= 4 is 27.5 Å². The topological polar surface area (TPSA) is 9.23 Å². The lowest BCUT2D eigenvalue weighted by atomic mass is 10.2. The molecule has 0 bridgehead atoms. The minimum absolute atomic E-state index is 0.689. The molecule has 0 fully saturated rings. The summed E-state index contributed by atoms with van der Waals surface area (Å²) < 4.78 is 5.55. The van der Waals surface area contributed by atoms with Gasteiger partial charge in [0.25, 0.3) is 0 Å². The van der Waals surface area contributed by atoms with E-state index in [1.165, 1.54) is 0 Å². The van der Waals surface area contributed by atoms with Crippen LogP contribution in [0.1, 0.15) is 12.0 Å². The van der Waals surface area contributed by atoms with E-state index >= 15 is 0 Å². The summed E-state index contributed by atoms with van der Waals surface area (Å²) >= 11 is 9.32. The molecule has 72 valence electrons. The van der Waals surface area contributed by atoms with E-state index in [-0.39, 0.29) is 0 Å². The molecule has 0 heterocycles. The highest BCUT2D eigenvalue weighted by atomic mass is 79.9. The first-order chi connectivity index (χ1) is 6.25. The van der Waals surface area contributed by atoms with Gasteiger partial charge in [0.1, 0.15) is 5.75 Å². The maximum Gasteiger partial charge on any atom is 0.140 e. The monoisotopic (exact) mass is 262 g/mol.